The van der Waals surface area contributed by atoms with Crippen LogP contribution in [0.15, 0.2) is 12.1 Å². The minimum Gasteiger partial charge on any atom is -0.493 e. The third-order valence-electron chi connectivity index (χ3n) is 3.53. The van der Waals surface area contributed by atoms with Crippen molar-refractivity contribution in [1.82, 2.24) is 0 Å². The second-order valence-electron chi connectivity index (χ2n) is 5.14. The van der Waals surface area contributed by atoms with Crippen molar-refractivity contribution < 1.29 is 14.6 Å². The molecule has 1 aliphatic carbocycles. The summed E-state index contributed by atoms with van der Waals surface area (Å²) in [6.45, 7) is 4.87. The average molecular weight is 248 g/mol. The first-order chi connectivity index (χ1) is 8.58. The topological polar surface area (TPSA) is 46.5 Å². The van der Waals surface area contributed by atoms with E-state index in [9.17, 15) is 4.79 Å². The van der Waals surface area contributed by atoms with Gasteiger partial charge in [0.1, 0.15) is 5.75 Å². The summed E-state index contributed by atoms with van der Waals surface area (Å²) in [6.07, 6.45) is 3.21. The Kier molecular flexibility index (Phi) is 3.90. The van der Waals surface area contributed by atoms with Crippen molar-refractivity contribution in [3.05, 3.63) is 28.8 Å². The van der Waals surface area contributed by atoms with Gasteiger partial charge < -0.3 is 9.84 Å². The molecule has 3 heteroatoms. The fourth-order valence-electron chi connectivity index (χ4n) is 1.97. The fraction of sp³-hybridized carbons (Fsp3) is 0.533. The molecule has 0 spiro atoms. The monoisotopic (exact) mass is 248 g/mol. The molecular weight excluding hydrogens is 228 g/mol. The van der Waals surface area contributed by atoms with Crippen molar-refractivity contribution in [3.8, 4) is 5.75 Å². The molecule has 1 fully saturated rings. The molecule has 3 nitrogen and oxygen atoms in total. The van der Waals surface area contributed by atoms with Crippen LogP contribution in [0.3, 0.4) is 0 Å². The summed E-state index contributed by atoms with van der Waals surface area (Å²) < 4.78 is 5.91. The molecular formula is C15H20O3. The van der Waals surface area contributed by atoms with Crippen LogP contribution in [0.25, 0.3) is 0 Å². The van der Waals surface area contributed by atoms with E-state index >= 15 is 0 Å². The van der Waals surface area contributed by atoms with Gasteiger partial charge in [-0.25, -0.2) is 0 Å². The minimum atomic E-state index is -0.763. The van der Waals surface area contributed by atoms with Gasteiger partial charge in [-0.1, -0.05) is 12.1 Å². The van der Waals surface area contributed by atoms with Crippen LogP contribution >= 0.6 is 0 Å². The van der Waals surface area contributed by atoms with E-state index < -0.39 is 5.97 Å². The second-order valence-corrected chi connectivity index (χ2v) is 5.14. The van der Waals surface area contributed by atoms with E-state index in [0.29, 0.717) is 12.3 Å². The number of carboxylic acids is 1. The van der Waals surface area contributed by atoms with Gasteiger partial charge in [-0.3, -0.25) is 4.79 Å². The standard InChI is InChI=1S/C15H20O3/c1-10-3-6-13(7-8-14(16)17)15(11(10)2)18-9-12-4-5-12/h3,6,12H,4-5,7-9H2,1-2H3,(H,16,17). The van der Waals surface area contributed by atoms with Gasteiger partial charge in [-0.05, 0) is 55.7 Å². The third-order valence-corrected chi connectivity index (χ3v) is 3.53. The lowest BCUT2D eigenvalue weighted by Gasteiger charge is -2.15. The largest absolute Gasteiger partial charge is 0.493 e. The number of ether oxygens (including phenoxy) is 1. The van der Waals surface area contributed by atoms with E-state index in [1.807, 2.05) is 19.1 Å². The van der Waals surface area contributed by atoms with E-state index in [1.54, 1.807) is 0 Å². The third kappa shape index (κ3) is 3.25. The highest BCUT2D eigenvalue weighted by Crippen LogP contribution is 2.33. The molecule has 1 saturated carbocycles. The van der Waals surface area contributed by atoms with E-state index in [0.717, 1.165) is 23.5 Å². The number of hydrogen-bond acceptors (Lipinski definition) is 2. The maximum Gasteiger partial charge on any atom is 0.303 e. The Morgan fingerprint density at radius 3 is 2.72 bits per heavy atom. The molecule has 1 N–H and O–H groups in total. The Morgan fingerprint density at radius 1 is 1.39 bits per heavy atom. The second kappa shape index (κ2) is 5.42. The highest BCUT2D eigenvalue weighted by atomic mass is 16.5. The smallest absolute Gasteiger partial charge is 0.303 e. The van der Waals surface area contributed by atoms with Crippen molar-refractivity contribution in [2.24, 2.45) is 5.92 Å². The SMILES string of the molecule is Cc1ccc(CCC(=O)O)c(OCC2CC2)c1C. The van der Waals surface area contributed by atoms with Crippen LogP contribution < -0.4 is 4.74 Å². The first-order valence-corrected chi connectivity index (χ1v) is 6.51. The maximum atomic E-state index is 10.7. The zero-order valence-electron chi connectivity index (χ0n) is 11.0. The van der Waals surface area contributed by atoms with E-state index in [4.69, 9.17) is 9.84 Å². The summed E-state index contributed by atoms with van der Waals surface area (Å²) in [6, 6.07) is 4.03. The number of carboxylic acid groups (broad SMARTS) is 1. The lowest BCUT2D eigenvalue weighted by Crippen LogP contribution is -2.06. The van der Waals surface area contributed by atoms with Crippen LogP contribution in [0.5, 0.6) is 5.75 Å². The molecule has 0 radical (unpaired) electrons. The van der Waals surface area contributed by atoms with Crippen molar-refractivity contribution in [3.63, 3.8) is 0 Å². The van der Waals surface area contributed by atoms with Gasteiger partial charge >= 0.3 is 5.97 Å². The molecule has 0 bridgehead atoms. The van der Waals surface area contributed by atoms with Crippen molar-refractivity contribution >= 4 is 5.97 Å². The molecule has 1 aromatic rings. The van der Waals surface area contributed by atoms with Gasteiger partial charge in [0.05, 0.1) is 6.61 Å². The summed E-state index contributed by atoms with van der Waals surface area (Å²) in [5, 5.41) is 8.78. The summed E-state index contributed by atoms with van der Waals surface area (Å²) >= 11 is 0. The predicted octanol–water partition coefficient (Wildman–Crippen LogP) is 3.11. The molecule has 0 saturated heterocycles. The molecule has 0 amide bonds. The highest BCUT2D eigenvalue weighted by Gasteiger charge is 2.23. The van der Waals surface area contributed by atoms with Gasteiger partial charge in [-0.2, -0.15) is 0 Å². The fourth-order valence-corrected chi connectivity index (χ4v) is 1.97. The molecule has 0 atom stereocenters. The lowest BCUT2D eigenvalue weighted by molar-refractivity contribution is -0.136. The normalized spacial score (nSPS) is 14.6. The molecule has 1 aromatic carbocycles. The van der Waals surface area contributed by atoms with Gasteiger partial charge in [0.15, 0.2) is 0 Å². The predicted molar refractivity (Wildman–Crippen MR) is 70.1 cm³/mol. The molecule has 0 unspecified atom stereocenters. The zero-order chi connectivity index (χ0) is 13.1. The van der Waals surface area contributed by atoms with Crippen molar-refractivity contribution in [1.29, 1.82) is 0 Å². The molecule has 18 heavy (non-hydrogen) atoms. The number of aliphatic carboxylic acids is 1. The number of aryl methyl sites for hydroxylation is 2. The molecule has 98 valence electrons. The average Bonchev–Trinajstić information content (AvgIpc) is 3.13. The highest BCUT2D eigenvalue weighted by molar-refractivity contribution is 5.67. The molecule has 0 aromatic heterocycles. The van der Waals surface area contributed by atoms with Gasteiger partial charge in [0, 0.05) is 6.42 Å². The van der Waals surface area contributed by atoms with Crippen LogP contribution in [-0.4, -0.2) is 17.7 Å². The van der Waals surface area contributed by atoms with Gasteiger partial charge in [0.25, 0.3) is 0 Å². The zero-order valence-corrected chi connectivity index (χ0v) is 11.0. The summed E-state index contributed by atoms with van der Waals surface area (Å²) in [5.74, 6) is 0.849. The van der Waals surface area contributed by atoms with E-state index in [1.165, 1.54) is 18.4 Å². The van der Waals surface area contributed by atoms with Crippen molar-refractivity contribution in [2.75, 3.05) is 6.61 Å². The summed E-state index contributed by atoms with van der Waals surface area (Å²) in [7, 11) is 0. The summed E-state index contributed by atoms with van der Waals surface area (Å²) in [5.41, 5.74) is 3.35. The Morgan fingerprint density at radius 2 is 2.11 bits per heavy atom. The Labute approximate surface area is 108 Å². The Bertz CT molecular complexity index is 447. The Hall–Kier alpha value is -1.51. The van der Waals surface area contributed by atoms with Crippen LogP contribution in [0, 0.1) is 19.8 Å². The number of rotatable bonds is 6. The number of hydrogen-bond donors (Lipinski definition) is 1. The first kappa shape index (κ1) is 12.9. The molecule has 1 aliphatic rings. The number of carbonyl (C=O) groups is 1. The summed E-state index contributed by atoms with van der Waals surface area (Å²) in [4.78, 5) is 10.7. The first-order valence-electron chi connectivity index (χ1n) is 6.51. The van der Waals surface area contributed by atoms with Crippen LogP contribution in [0.2, 0.25) is 0 Å². The van der Waals surface area contributed by atoms with Crippen LogP contribution in [-0.2, 0) is 11.2 Å². The lowest BCUT2D eigenvalue weighted by atomic mass is 10.0. The Balaban J connectivity index is 2.14. The van der Waals surface area contributed by atoms with E-state index in [2.05, 4.69) is 6.92 Å². The quantitative estimate of drug-likeness (QED) is 0.841. The van der Waals surface area contributed by atoms with Gasteiger partial charge in [0.2, 0.25) is 0 Å². The van der Waals surface area contributed by atoms with Crippen LogP contribution in [0.4, 0.5) is 0 Å². The van der Waals surface area contributed by atoms with E-state index in [-0.39, 0.29) is 6.42 Å². The molecule has 0 aliphatic heterocycles. The molecule has 0 heterocycles. The maximum absolute atomic E-state index is 10.7. The molecule has 2 rings (SSSR count). The number of benzene rings is 1. The van der Waals surface area contributed by atoms with Crippen LogP contribution in [0.1, 0.15) is 36.0 Å². The van der Waals surface area contributed by atoms with Gasteiger partial charge in [-0.15, -0.1) is 0 Å². The van der Waals surface area contributed by atoms with Crippen molar-refractivity contribution in [2.45, 2.75) is 39.5 Å². The minimum absolute atomic E-state index is 0.155.